The third kappa shape index (κ3) is 5.33. The average Bonchev–Trinajstić information content (AvgIpc) is 2.90. The van der Waals surface area contributed by atoms with Crippen molar-refractivity contribution in [2.45, 2.75) is 43.5 Å². The molecule has 2 bridgehead atoms. The van der Waals surface area contributed by atoms with Gasteiger partial charge in [0, 0.05) is 48.6 Å². The van der Waals surface area contributed by atoms with Crippen LogP contribution in [0.3, 0.4) is 0 Å². The fourth-order valence-corrected chi connectivity index (χ4v) is 6.71. The van der Waals surface area contributed by atoms with Gasteiger partial charge in [-0.2, -0.15) is 4.31 Å². The average molecular weight is 522 g/mol. The van der Waals surface area contributed by atoms with Crippen LogP contribution in [0.1, 0.15) is 48.2 Å². The quantitative estimate of drug-likeness (QED) is 0.451. The molecule has 0 aliphatic carbocycles. The number of unbranched alkanes of at least 4 members (excludes halogenated alkanes) is 1. The summed E-state index contributed by atoms with van der Waals surface area (Å²) >= 11 is 0. The second kappa shape index (κ2) is 10.5. The number of piperidine rings is 1. The molecule has 3 heterocycles. The Morgan fingerprint density at radius 3 is 2.49 bits per heavy atom. The minimum Gasteiger partial charge on any atom is -0.494 e. The lowest BCUT2D eigenvalue weighted by Gasteiger charge is -2.42. The Balaban J connectivity index is 1.25. The van der Waals surface area contributed by atoms with E-state index in [0.29, 0.717) is 37.5 Å². The highest BCUT2D eigenvalue weighted by Crippen LogP contribution is 2.37. The number of carbonyl (C=O) groups excluding carboxylic acids is 1. The van der Waals surface area contributed by atoms with E-state index < -0.39 is 10.0 Å². The second-order valence-corrected chi connectivity index (χ2v) is 11.7. The molecule has 1 amide bonds. The van der Waals surface area contributed by atoms with Crippen molar-refractivity contribution < 1.29 is 17.9 Å². The molecule has 2 aliphatic heterocycles. The topological polar surface area (TPSA) is 97.7 Å². The summed E-state index contributed by atoms with van der Waals surface area (Å²) in [6, 6.07) is 18.4. The molecule has 1 fully saturated rings. The van der Waals surface area contributed by atoms with Gasteiger partial charge in [0.05, 0.1) is 11.5 Å². The zero-order valence-electron chi connectivity index (χ0n) is 20.8. The number of pyridine rings is 1. The number of hydrogen-bond donors (Lipinski definition) is 1. The second-order valence-electron chi connectivity index (χ2n) is 9.73. The van der Waals surface area contributed by atoms with Crippen molar-refractivity contribution in [1.82, 2.24) is 8.87 Å². The number of benzene rings is 2. The van der Waals surface area contributed by atoms with Gasteiger partial charge in [0.2, 0.25) is 10.0 Å². The molecule has 1 N–H and O–H groups in total. The van der Waals surface area contributed by atoms with Crippen LogP contribution in [0.15, 0.2) is 76.4 Å². The molecule has 2 aromatic carbocycles. The van der Waals surface area contributed by atoms with Gasteiger partial charge in [0.1, 0.15) is 5.75 Å². The number of nitrogens with one attached hydrogen (secondary N) is 1. The Morgan fingerprint density at radius 1 is 1.00 bits per heavy atom. The number of ether oxygens (including phenoxy) is 1. The van der Waals surface area contributed by atoms with Crippen molar-refractivity contribution in [1.29, 1.82) is 0 Å². The monoisotopic (exact) mass is 521 g/mol. The van der Waals surface area contributed by atoms with Crippen LogP contribution >= 0.6 is 0 Å². The minimum atomic E-state index is -3.71. The number of sulfonamides is 1. The van der Waals surface area contributed by atoms with Gasteiger partial charge < -0.3 is 14.6 Å². The van der Waals surface area contributed by atoms with Crippen LogP contribution in [0.2, 0.25) is 0 Å². The van der Waals surface area contributed by atoms with Gasteiger partial charge in [-0.15, -0.1) is 0 Å². The van der Waals surface area contributed by atoms with E-state index in [1.165, 1.54) is 16.4 Å². The number of amides is 1. The van der Waals surface area contributed by atoms with Gasteiger partial charge in [-0.05, 0) is 73.4 Å². The lowest BCUT2D eigenvalue weighted by molar-refractivity contribution is 0.102. The van der Waals surface area contributed by atoms with Crippen molar-refractivity contribution >= 4 is 21.6 Å². The fraction of sp³-hybridized carbons (Fsp3) is 0.357. The first-order valence-corrected chi connectivity index (χ1v) is 14.1. The molecule has 8 nitrogen and oxygen atoms in total. The number of rotatable bonds is 8. The van der Waals surface area contributed by atoms with Crippen molar-refractivity contribution in [2.75, 3.05) is 25.0 Å². The Morgan fingerprint density at radius 2 is 1.76 bits per heavy atom. The molecule has 0 saturated carbocycles. The van der Waals surface area contributed by atoms with E-state index >= 15 is 0 Å². The van der Waals surface area contributed by atoms with Crippen LogP contribution in [-0.2, 0) is 16.6 Å². The van der Waals surface area contributed by atoms with Gasteiger partial charge >= 0.3 is 0 Å². The largest absolute Gasteiger partial charge is 0.494 e. The number of aromatic nitrogens is 1. The lowest BCUT2D eigenvalue weighted by Crippen LogP contribution is -2.48. The third-order valence-electron chi connectivity index (χ3n) is 7.08. The molecule has 1 saturated heterocycles. The highest BCUT2D eigenvalue weighted by molar-refractivity contribution is 7.89. The predicted molar refractivity (Wildman–Crippen MR) is 142 cm³/mol. The molecule has 9 heteroatoms. The number of anilines is 1. The Hall–Kier alpha value is -3.43. The first-order chi connectivity index (χ1) is 17.8. The Bertz CT molecular complexity index is 1430. The summed E-state index contributed by atoms with van der Waals surface area (Å²) in [4.78, 5) is 25.1. The molecule has 0 radical (unpaired) electrons. The van der Waals surface area contributed by atoms with Gasteiger partial charge in [-0.1, -0.05) is 19.4 Å². The lowest BCUT2D eigenvalue weighted by atomic mass is 9.84. The molecule has 2 aliphatic rings. The van der Waals surface area contributed by atoms with Crippen molar-refractivity contribution in [3.8, 4) is 5.75 Å². The summed E-state index contributed by atoms with van der Waals surface area (Å²) in [6.45, 7) is 4.01. The van der Waals surface area contributed by atoms with Crippen molar-refractivity contribution in [3.05, 3.63) is 88.3 Å². The molecule has 194 valence electrons. The first-order valence-electron chi connectivity index (χ1n) is 12.7. The van der Waals surface area contributed by atoms with Crippen LogP contribution in [0.5, 0.6) is 5.75 Å². The van der Waals surface area contributed by atoms with Crippen LogP contribution in [-0.4, -0.2) is 42.9 Å². The molecule has 2 atom stereocenters. The third-order valence-corrected chi connectivity index (χ3v) is 8.93. The molecule has 1 aromatic heterocycles. The minimum absolute atomic E-state index is 0.00169. The molecule has 0 unspecified atom stereocenters. The van der Waals surface area contributed by atoms with Gasteiger partial charge in [-0.3, -0.25) is 9.59 Å². The normalized spacial score (nSPS) is 19.2. The molecule has 0 spiro atoms. The maximum absolute atomic E-state index is 13.4. The summed E-state index contributed by atoms with van der Waals surface area (Å²) in [5.41, 5.74) is 1.87. The van der Waals surface area contributed by atoms with E-state index in [4.69, 9.17) is 4.74 Å². The summed E-state index contributed by atoms with van der Waals surface area (Å²) in [6.07, 6.45) is 2.91. The number of nitrogens with zero attached hydrogens (tertiary/aromatic N) is 2. The van der Waals surface area contributed by atoms with E-state index in [0.717, 1.165) is 30.7 Å². The number of hydrogen-bond acceptors (Lipinski definition) is 5. The molecule has 37 heavy (non-hydrogen) atoms. The maximum atomic E-state index is 13.4. The van der Waals surface area contributed by atoms with Gasteiger partial charge in [0.25, 0.3) is 11.5 Å². The Kier molecular flexibility index (Phi) is 7.17. The zero-order valence-corrected chi connectivity index (χ0v) is 21.6. The fourth-order valence-electron chi connectivity index (χ4n) is 5.15. The molecular formula is C28H31N3O5S. The van der Waals surface area contributed by atoms with Crippen LogP contribution in [0, 0.1) is 5.92 Å². The number of carbonyl (C=O) groups is 1. The SMILES string of the molecule is CCCCOc1ccc(C(=O)Nc2ccc(S(=O)(=O)N3C[C@@H]4C[C@H](C3)c3cccc(=O)n3C4)cc2)cc1. The van der Waals surface area contributed by atoms with E-state index in [-0.39, 0.29) is 28.2 Å². The summed E-state index contributed by atoms with van der Waals surface area (Å²) in [5.74, 6) is 0.534. The summed E-state index contributed by atoms with van der Waals surface area (Å²) in [7, 11) is -3.71. The van der Waals surface area contributed by atoms with Gasteiger partial charge in [-0.25, -0.2) is 8.42 Å². The van der Waals surface area contributed by atoms with Crippen LogP contribution < -0.4 is 15.6 Å². The highest BCUT2D eigenvalue weighted by Gasteiger charge is 2.39. The van der Waals surface area contributed by atoms with Crippen molar-refractivity contribution in [3.63, 3.8) is 0 Å². The predicted octanol–water partition coefficient (Wildman–Crippen LogP) is 4.09. The van der Waals surface area contributed by atoms with Crippen LogP contribution in [0.4, 0.5) is 5.69 Å². The molecule has 3 aromatic rings. The Labute approximate surface area is 216 Å². The number of fused-ring (bicyclic) bond motifs is 4. The van der Waals surface area contributed by atoms with E-state index in [9.17, 15) is 18.0 Å². The van der Waals surface area contributed by atoms with E-state index in [1.54, 1.807) is 53.1 Å². The van der Waals surface area contributed by atoms with Gasteiger partial charge in [0.15, 0.2) is 0 Å². The summed E-state index contributed by atoms with van der Waals surface area (Å²) in [5, 5.41) is 2.82. The van der Waals surface area contributed by atoms with E-state index in [1.807, 2.05) is 6.07 Å². The molecular weight excluding hydrogens is 490 g/mol. The van der Waals surface area contributed by atoms with Crippen molar-refractivity contribution in [2.24, 2.45) is 5.92 Å². The zero-order chi connectivity index (χ0) is 26.0. The first kappa shape index (κ1) is 25.2. The van der Waals surface area contributed by atoms with Crippen LogP contribution in [0.25, 0.3) is 0 Å². The standard InChI is InChI=1S/C28H31N3O5S/c1-2-3-15-36-24-11-7-21(8-12-24)28(33)29-23-9-13-25(14-10-23)37(34,35)30-17-20-16-22(19-30)26-5-4-6-27(32)31(26)18-20/h4-14,20,22H,2-3,15-19H2,1H3,(H,29,33)/t20-,22+/m0/s1. The van der Waals surface area contributed by atoms with E-state index in [2.05, 4.69) is 12.2 Å². The highest BCUT2D eigenvalue weighted by atomic mass is 32.2. The smallest absolute Gasteiger partial charge is 0.255 e. The summed E-state index contributed by atoms with van der Waals surface area (Å²) < 4.78 is 35.8. The molecule has 5 rings (SSSR count). The maximum Gasteiger partial charge on any atom is 0.255 e.